The molecule has 15 heavy (non-hydrogen) atoms. The predicted molar refractivity (Wildman–Crippen MR) is 62.5 cm³/mol. The molecule has 2 nitrogen and oxygen atoms in total. The van der Waals surface area contributed by atoms with E-state index < -0.39 is 0 Å². The quantitative estimate of drug-likeness (QED) is 0.690. The van der Waals surface area contributed by atoms with E-state index in [0.717, 1.165) is 32.4 Å². The molecular formula is C13H18N2. The van der Waals surface area contributed by atoms with Gasteiger partial charge < -0.3 is 5.32 Å². The van der Waals surface area contributed by atoms with Gasteiger partial charge >= 0.3 is 0 Å². The predicted octanol–water partition coefficient (Wildman–Crippen LogP) is 2.51. The van der Waals surface area contributed by atoms with Crippen molar-refractivity contribution in [1.29, 1.82) is 5.26 Å². The number of rotatable bonds is 7. The van der Waals surface area contributed by atoms with Crippen molar-refractivity contribution in [3.8, 4) is 6.07 Å². The van der Waals surface area contributed by atoms with Crippen LogP contribution >= 0.6 is 0 Å². The van der Waals surface area contributed by atoms with Crippen molar-refractivity contribution < 1.29 is 0 Å². The lowest BCUT2D eigenvalue weighted by molar-refractivity contribution is 0.628. The van der Waals surface area contributed by atoms with E-state index in [1.807, 2.05) is 6.07 Å². The minimum absolute atomic E-state index is 0.681. The standard InChI is InChI=1S/C13H18N2/c14-10-5-2-6-11-15-12-9-13-7-3-1-4-8-13/h1,3-4,7-8,15H,2,5-6,9,11-12H2. The minimum atomic E-state index is 0.681. The third kappa shape index (κ3) is 5.87. The molecule has 0 saturated heterocycles. The number of hydrogen-bond acceptors (Lipinski definition) is 2. The summed E-state index contributed by atoms with van der Waals surface area (Å²) >= 11 is 0. The minimum Gasteiger partial charge on any atom is -0.316 e. The fourth-order valence-electron chi connectivity index (χ4n) is 1.46. The Morgan fingerprint density at radius 1 is 1.07 bits per heavy atom. The van der Waals surface area contributed by atoms with Crippen molar-refractivity contribution in [2.45, 2.75) is 25.7 Å². The highest BCUT2D eigenvalue weighted by Crippen LogP contribution is 1.98. The second-order valence-electron chi connectivity index (χ2n) is 3.60. The fraction of sp³-hybridized carbons (Fsp3) is 0.462. The number of unbranched alkanes of at least 4 members (excludes halogenated alkanes) is 2. The first-order valence-electron chi connectivity index (χ1n) is 5.55. The highest BCUT2D eigenvalue weighted by molar-refractivity contribution is 5.14. The highest BCUT2D eigenvalue weighted by atomic mass is 14.8. The first-order valence-corrected chi connectivity index (χ1v) is 5.55. The molecule has 1 aromatic carbocycles. The number of nitriles is 1. The lowest BCUT2D eigenvalue weighted by Crippen LogP contribution is -2.18. The number of nitrogens with one attached hydrogen (secondary N) is 1. The monoisotopic (exact) mass is 202 g/mol. The molecule has 0 heterocycles. The van der Waals surface area contributed by atoms with Gasteiger partial charge in [-0.1, -0.05) is 30.3 Å². The van der Waals surface area contributed by atoms with E-state index in [1.165, 1.54) is 5.56 Å². The normalized spacial score (nSPS) is 9.80. The zero-order valence-corrected chi connectivity index (χ0v) is 9.08. The maximum Gasteiger partial charge on any atom is 0.0621 e. The van der Waals surface area contributed by atoms with Gasteiger partial charge in [-0.3, -0.25) is 0 Å². The van der Waals surface area contributed by atoms with Crippen molar-refractivity contribution >= 4 is 0 Å². The molecule has 0 aliphatic carbocycles. The Labute approximate surface area is 91.9 Å². The molecule has 0 atom stereocenters. The van der Waals surface area contributed by atoms with Gasteiger partial charge in [-0.05, 0) is 37.9 Å². The van der Waals surface area contributed by atoms with Gasteiger partial charge in [-0.25, -0.2) is 0 Å². The summed E-state index contributed by atoms with van der Waals surface area (Å²) in [7, 11) is 0. The van der Waals surface area contributed by atoms with Crippen LogP contribution in [0.3, 0.4) is 0 Å². The van der Waals surface area contributed by atoms with Crippen LogP contribution in [0.1, 0.15) is 24.8 Å². The molecule has 0 spiro atoms. The third-order valence-electron chi connectivity index (χ3n) is 2.33. The Morgan fingerprint density at radius 2 is 1.87 bits per heavy atom. The van der Waals surface area contributed by atoms with E-state index >= 15 is 0 Å². The van der Waals surface area contributed by atoms with Gasteiger partial charge in [0.1, 0.15) is 0 Å². The summed E-state index contributed by atoms with van der Waals surface area (Å²) in [5, 5.41) is 11.7. The molecular weight excluding hydrogens is 184 g/mol. The molecule has 0 aliphatic heterocycles. The van der Waals surface area contributed by atoms with Crippen molar-refractivity contribution in [2.75, 3.05) is 13.1 Å². The summed E-state index contributed by atoms with van der Waals surface area (Å²) < 4.78 is 0. The zero-order valence-electron chi connectivity index (χ0n) is 9.08. The lowest BCUT2D eigenvalue weighted by atomic mass is 10.1. The molecule has 0 fully saturated rings. The Morgan fingerprint density at radius 3 is 2.60 bits per heavy atom. The van der Waals surface area contributed by atoms with Crippen molar-refractivity contribution in [2.24, 2.45) is 0 Å². The second kappa shape index (κ2) is 8.02. The number of hydrogen-bond donors (Lipinski definition) is 1. The molecule has 0 saturated carbocycles. The SMILES string of the molecule is N#CCCCCNCCc1ccccc1. The van der Waals surface area contributed by atoms with Gasteiger partial charge in [0, 0.05) is 6.42 Å². The average Bonchev–Trinajstić information content (AvgIpc) is 2.29. The maximum atomic E-state index is 8.35. The second-order valence-corrected chi connectivity index (χ2v) is 3.60. The largest absolute Gasteiger partial charge is 0.316 e. The van der Waals surface area contributed by atoms with Crippen LogP contribution < -0.4 is 5.32 Å². The molecule has 0 unspecified atom stereocenters. The molecule has 1 aromatic rings. The van der Waals surface area contributed by atoms with Gasteiger partial charge in [0.2, 0.25) is 0 Å². The van der Waals surface area contributed by atoms with E-state index in [0.29, 0.717) is 6.42 Å². The van der Waals surface area contributed by atoms with Crippen LogP contribution in [-0.4, -0.2) is 13.1 Å². The van der Waals surface area contributed by atoms with Crippen LogP contribution in [-0.2, 0) is 6.42 Å². The Kier molecular flexibility index (Phi) is 6.28. The van der Waals surface area contributed by atoms with E-state index in [4.69, 9.17) is 5.26 Å². The van der Waals surface area contributed by atoms with Crippen LogP contribution in [0.25, 0.3) is 0 Å². The Balaban J connectivity index is 1.96. The first-order chi connectivity index (χ1) is 7.43. The first kappa shape index (κ1) is 11.7. The zero-order chi connectivity index (χ0) is 10.8. The van der Waals surface area contributed by atoms with E-state index in [-0.39, 0.29) is 0 Å². The van der Waals surface area contributed by atoms with Gasteiger partial charge in [0.25, 0.3) is 0 Å². The third-order valence-corrected chi connectivity index (χ3v) is 2.33. The molecule has 0 bridgehead atoms. The lowest BCUT2D eigenvalue weighted by Gasteiger charge is -2.03. The molecule has 2 heteroatoms. The van der Waals surface area contributed by atoms with Gasteiger partial charge in [0.05, 0.1) is 6.07 Å². The van der Waals surface area contributed by atoms with Crippen molar-refractivity contribution in [1.82, 2.24) is 5.32 Å². The summed E-state index contributed by atoms with van der Waals surface area (Å²) in [6.07, 6.45) is 3.87. The molecule has 0 aromatic heterocycles. The van der Waals surface area contributed by atoms with Crippen LogP contribution in [0.5, 0.6) is 0 Å². The van der Waals surface area contributed by atoms with Crippen molar-refractivity contribution in [3.05, 3.63) is 35.9 Å². The van der Waals surface area contributed by atoms with Crippen molar-refractivity contribution in [3.63, 3.8) is 0 Å². The molecule has 0 aliphatic rings. The smallest absolute Gasteiger partial charge is 0.0621 e. The van der Waals surface area contributed by atoms with Crippen LogP contribution in [0.4, 0.5) is 0 Å². The molecule has 1 rings (SSSR count). The summed E-state index contributed by atoms with van der Waals surface area (Å²) in [4.78, 5) is 0. The van der Waals surface area contributed by atoms with Gasteiger partial charge in [0.15, 0.2) is 0 Å². The molecule has 0 radical (unpaired) electrons. The highest BCUT2D eigenvalue weighted by Gasteiger charge is 1.91. The van der Waals surface area contributed by atoms with E-state index in [2.05, 4.69) is 35.7 Å². The number of benzene rings is 1. The summed E-state index contributed by atoms with van der Waals surface area (Å²) in [6, 6.07) is 12.6. The van der Waals surface area contributed by atoms with Gasteiger partial charge in [-0.15, -0.1) is 0 Å². The Hall–Kier alpha value is -1.33. The maximum absolute atomic E-state index is 8.35. The number of nitrogens with zero attached hydrogens (tertiary/aromatic N) is 1. The molecule has 1 N–H and O–H groups in total. The van der Waals surface area contributed by atoms with Crippen LogP contribution in [0.15, 0.2) is 30.3 Å². The van der Waals surface area contributed by atoms with Gasteiger partial charge in [-0.2, -0.15) is 5.26 Å². The Bertz CT molecular complexity index is 287. The fourth-order valence-corrected chi connectivity index (χ4v) is 1.46. The summed E-state index contributed by atoms with van der Waals surface area (Å²) in [5.74, 6) is 0. The molecule has 0 amide bonds. The van der Waals surface area contributed by atoms with Crippen LogP contribution in [0, 0.1) is 11.3 Å². The summed E-state index contributed by atoms with van der Waals surface area (Å²) in [5.41, 5.74) is 1.38. The average molecular weight is 202 g/mol. The molecule has 80 valence electrons. The van der Waals surface area contributed by atoms with E-state index in [9.17, 15) is 0 Å². The topological polar surface area (TPSA) is 35.8 Å². The summed E-state index contributed by atoms with van der Waals surface area (Å²) in [6.45, 7) is 2.05. The van der Waals surface area contributed by atoms with Crippen LogP contribution in [0.2, 0.25) is 0 Å². The van der Waals surface area contributed by atoms with E-state index in [1.54, 1.807) is 0 Å².